The molecule has 0 atom stereocenters. The molecule has 23 heavy (non-hydrogen) atoms. The highest BCUT2D eigenvalue weighted by atomic mass is 32.2. The highest BCUT2D eigenvalue weighted by Crippen LogP contribution is 2.33. The predicted molar refractivity (Wildman–Crippen MR) is 92.3 cm³/mol. The number of thioether (sulfide) groups is 1. The Bertz CT molecular complexity index is 925. The fourth-order valence-electron chi connectivity index (χ4n) is 2.49. The Hall–Kier alpha value is -2.89. The summed E-state index contributed by atoms with van der Waals surface area (Å²) in [6.07, 6.45) is 14.2. The van der Waals surface area contributed by atoms with E-state index in [1.165, 1.54) is 0 Å². The van der Waals surface area contributed by atoms with Crippen molar-refractivity contribution in [3.63, 3.8) is 0 Å². The van der Waals surface area contributed by atoms with Crippen LogP contribution in [0.3, 0.4) is 0 Å². The summed E-state index contributed by atoms with van der Waals surface area (Å²) in [4.78, 5) is 25.5. The van der Waals surface area contributed by atoms with Crippen LogP contribution in [-0.2, 0) is 11.3 Å². The highest BCUT2D eigenvalue weighted by molar-refractivity contribution is 8.18. The molecule has 2 amide bonds. The molecule has 1 aliphatic heterocycles. The number of terminal acetylenes is 2. The quantitative estimate of drug-likeness (QED) is 0.645. The first kappa shape index (κ1) is 15.0. The van der Waals surface area contributed by atoms with Gasteiger partial charge in [-0.05, 0) is 23.9 Å². The lowest BCUT2D eigenvalue weighted by molar-refractivity contribution is -0.122. The fourth-order valence-corrected chi connectivity index (χ4v) is 3.32. The Kier molecular flexibility index (Phi) is 3.97. The van der Waals surface area contributed by atoms with Gasteiger partial charge in [0.1, 0.15) is 0 Å². The molecule has 5 heteroatoms. The summed E-state index contributed by atoms with van der Waals surface area (Å²) in [7, 11) is 0. The Morgan fingerprint density at radius 1 is 1.13 bits per heavy atom. The number of carbonyl (C=O) groups is 2. The average Bonchev–Trinajstić information content (AvgIpc) is 3.02. The molecule has 112 valence electrons. The first-order valence-corrected chi connectivity index (χ1v) is 7.67. The Morgan fingerprint density at radius 2 is 1.87 bits per heavy atom. The van der Waals surface area contributed by atoms with Crippen molar-refractivity contribution in [3.05, 3.63) is 40.9 Å². The fraction of sp³-hybridized carbons (Fsp3) is 0.111. The van der Waals surface area contributed by atoms with Crippen molar-refractivity contribution in [1.82, 2.24) is 9.47 Å². The summed E-state index contributed by atoms with van der Waals surface area (Å²) in [6.45, 7) is 0.424. The second-order valence-electron chi connectivity index (χ2n) is 4.91. The maximum absolute atomic E-state index is 12.3. The largest absolute Gasteiger partial charge is 0.335 e. The van der Waals surface area contributed by atoms with Crippen LogP contribution in [0.15, 0.2) is 35.4 Å². The number of fused-ring (bicyclic) bond motifs is 1. The van der Waals surface area contributed by atoms with Crippen LogP contribution < -0.4 is 0 Å². The Labute approximate surface area is 138 Å². The minimum absolute atomic E-state index is 0.0130. The molecule has 1 aromatic carbocycles. The van der Waals surface area contributed by atoms with Crippen LogP contribution in [0.2, 0.25) is 0 Å². The number of aromatic nitrogens is 1. The van der Waals surface area contributed by atoms with Crippen LogP contribution >= 0.6 is 11.8 Å². The van der Waals surface area contributed by atoms with E-state index < -0.39 is 0 Å². The van der Waals surface area contributed by atoms with Crippen molar-refractivity contribution in [2.45, 2.75) is 6.54 Å². The molecule has 0 aliphatic carbocycles. The molecule has 0 bridgehead atoms. The van der Waals surface area contributed by atoms with Gasteiger partial charge in [0.05, 0.1) is 18.0 Å². The molecule has 1 saturated heterocycles. The van der Waals surface area contributed by atoms with Gasteiger partial charge >= 0.3 is 0 Å². The summed E-state index contributed by atoms with van der Waals surface area (Å²) in [5.41, 5.74) is 1.83. The van der Waals surface area contributed by atoms with E-state index in [0.29, 0.717) is 11.4 Å². The van der Waals surface area contributed by atoms with Gasteiger partial charge in [0.15, 0.2) is 0 Å². The molecule has 4 nitrogen and oxygen atoms in total. The van der Waals surface area contributed by atoms with Gasteiger partial charge < -0.3 is 4.57 Å². The van der Waals surface area contributed by atoms with E-state index in [-0.39, 0.29) is 17.7 Å². The molecule has 3 rings (SSSR count). The third-order valence-corrected chi connectivity index (χ3v) is 4.40. The van der Waals surface area contributed by atoms with Crippen molar-refractivity contribution >= 4 is 39.9 Å². The lowest BCUT2D eigenvalue weighted by atomic mass is 10.1. The van der Waals surface area contributed by atoms with Gasteiger partial charge in [-0.15, -0.1) is 12.8 Å². The van der Waals surface area contributed by atoms with Gasteiger partial charge in [-0.25, -0.2) is 0 Å². The molecule has 0 saturated carbocycles. The molecule has 2 aromatic rings. The number of imide groups is 1. The zero-order valence-corrected chi connectivity index (χ0v) is 13.0. The molecule has 1 aromatic heterocycles. The van der Waals surface area contributed by atoms with Crippen LogP contribution in [-0.4, -0.2) is 27.2 Å². The highest BCUT2D eigenvalue weighted by Gasteiger charge is 2.34. The SMILES string of the molecule is C#CCN1C(=O)SC(=Cc2cn(CC#C)c3ccccc23)C1=O. The number of benzene rings is 1. The van der Waals surface area contributed by atoms with Gasteiger partial charge in [0.2, 0.25) is 0 Å². The first-order valence-electron chi connectivity index (χ1n) is 6.86. The standard InChI is InChI=1S/C18H12N2O2S/c1-3-9-19-12-13(14-7-5-6-8-15(14)19)11-16-17(21)20(10-4-2)18(22)23-16/h1-2,5-8,11-12H,9-10H2. The lowest BCUT2D eigenvalue weighted by Crippen LogP contribution is -2.28. The molecule has 2 heterocycles. The molecule has 1 fully saturated rings. The van der Waals surface area contributed by atoms with E-state index in [0.717, 1.165) is 33.1 Å². The summed E-state index contributed by atoms with van der Waals surface area (Å²) < 4.78 is 1.94. The molecular weight excluding hydrogens is 308 g/mol. The van der Waals surface area contributed by atoms with E-state index in [2.05, 4.69) is 11.8 Å². The smallest absolute Gasteiger partial charge is 0.294 e. The second-order valence-corrected chi connectivity index (χ2v) is 5.90. The molecular formula is C18H12N2O2S. The molecule has 1 aliphatic rings. The monoisotopic (exact) mass is 320 g/mol. The third kappa shape index (κ3) is 2.63. The van der Waals surface area contributed by atoms with Crippen molar-refractivity contribution in [2.24, 2.45) is 0 Å². The molecule has 0 radical (unpaired) electrons. The van der Waals surface area contributed by atoms with Crippen molar-refractivity contribution < 1.29 is 9.59 Å². The van der Waals surface area contributed by atoms with Crippen LogP contribution in [0.5, 0.6) is 0 Å². The number of nitrogens with zero attached hydrogens (tertiary/aromatic N) is 2. The van der Waals surface area contributed by atoms with E-state index in [1.807, 2.05) is 35.0 Å². The van der Waals surface area contributed by atoms with Gasteiger partial charge in [-0.2, -0.15) is 0 Å². The number of rotatable bonds is 3. The average molecular weight is 320 g/mol. The maximum Gasteiger partial charge on any atom is 0.294 e. The summed E-state index contributed by atoms with van der Waals surface area (Å²) >= 11 is 0.901. The maximum atomic E-state index is 12.3. The van der Waals surface area contributed by atoms with E-state index >= 15 is 0 Å². The summed E-state index contributed by atoms with van der Waals surface area (Å²) in [5, 5.41) is 0.637. The van der Waals surface area contributed by atoms with Crippen molar-refractivity contribution in [1.29, 1.82) is 0 Å². The van der Waals surface area contributed by atoms with Crippen molar-refractivity contribution in [3.8, 4) is 24.7 Å². The minimum atomic E-state index is -0.355. The van der Waals surface area contributed by atoms with E-state index in [4.69, 9.17) is 12.8 Å². The van der Waals surface area contributed by atoms with Crippen LogP contribution in [0, 0.1) is 24.7 Å². The minimum Gasteiger partial charge on any atom is -0.335 e. The number of amides is 2. The first-order chi connectivity index (χ1) is 11.2. The second kappa shape index (κ2) is 6.08. The number of para-hydroxylation sites is 1. The normalized spacial score (nSPS) is 16.1. The van der Waals surface area contributed by atoms with Gasteiger partial charge in [0, 0.05) is 22.7 Å². The molecule has 0 N–H and O–H groups in total. The number of hydrogen-bond acceptors (Lipinski definition) is 3. The number of hydrogen-bond donors (Lipinski definition) is 0. The summed E-state index contributed by atoms with van der Waals surface area (Å²) in [5.74, 6) is 4.58. The van der Waals surface area contributed by atoms with E-state index in [1.54, 1.807) is 6.08 Å². The van der Waals surface area contributed by atoms with E-state index in [9.17, 15) is 9.59 Å². The van der Waals surface area contributed by atoms with Crippen molar-refractivity contribution in [2.75, 3.05) is 6.54 Å². The van der Waals surface area contributed by atoms with Crippen LogP contribution in [0.1, 0.15) is 5.56 Å². The molecule has 0 spiro atoms. The Morgan fingerprint density at radius 3 is 2.61 bits per heavy atom. The van der Waals surface area contributed by atoms with Gasteiger partial charge in [-0.1, -0.05) is 30.0 Å². The topological polar surface area (TPSA) is 42.3 Å². The molecule has 0 unspecified atom stereocenters. The predicted octanol–water partition coefficient (Wildman–Crippen LogP) is 2.94. The lowest BCUT2D eigenvalue weighted by Gasteiger charge is -2.06. The summed E-state index contributed by atoms with van der Waals surface area (Å²) in [6, 6.07) is 7.78. The van der Waals surface area contributed by atoms with Crippen LogP contribution in [0.25, 0.3) is 17.0 Å². The zero-order valence-electron chi connectivity index (χ0n) is 12.2. The number of carbonyl (C=O) groups excluding carboxylic acids is 2. The Balaban J connectivity index is 2.05. The van der Waals surface area contributed by atoms with Crippen LogP contribution in [0.4, 0.5) is 4.79 Å². The third-order valence-electron chi connectivity index (χ3n) is 3.49. The van der Waals surface area contributed by atoms with Gasteiger partial charge in [-0.3, -0.25) is 14.5 Å². The zero-order chi connectivity index (χ0) is 16.4. The van der Waals surface area contributed by atoms with Gasteiger partial charge in [0.25, 0.3) is 11.1 Å².